The van der Waals surface area contributed by atoms with Crippen LogP contribution < -0.4 is 0 Å². The number of benzene rings is 1. The summed E-state index contributed by atoms with van der Waals surface area (Å²) in [5, 5.41) is 0. The van der Waals surface area contributed by atoms with E-state index >= 15 is 0 Å². The summed E-state index contributed by atoms with van der Waals surface area (Å²) in [6.45, 7) is 9.40. The molecule has 2 unspecified atom stereocenters. The van der Waals surface area contributed by atoms with Crippen molar-refractivity contribution in [2.75, 3.05) is 0 Å². The number of nitrogens with zero attached hydrogens (tertiary/aromatic N) is 1. The number of carbonyl (C=O) groups is 1. The number of sulfonamides is 1. The molecule has 5 nitrogen and oxygen atoms in total. The quantitative estimate of drug-likeness (QED) is 0.799. The monoisotopic (exact) mass is 323 g/mol. The first kappa shape index (κ1) is 16.5. The molecule has 0 saturated carbocycles. The summed E-state index contributed by atoms with van der Waals surface area (Å²) in [5.74, 6) is 0.121. The van der Waals surface area contributed by atoms with E-state index in [0.29, 0.717) is 6.42 Å². The van der Waals surface area contributed by atoms with Gasteiger partial charge in [-0.2, -0.15) is 4.31 Å². The summed E-state index contributed by atoms with van der Waals surface area (Å²) in [6.07, 6.45) is 0.759. The molecule has 1 amide bonds. The summed E-state index contributed by atoms with van der Waals surface area (Å²) >= 11 is 0. The Hall–Kier alpha value is -1.82. The Balaban J connectivity index is 2.39. The van der Waals surface area contributed by atoms with Crippen LogP contribution in [0.2, 0.25) is 0 Å². The van der Waals surface area contributed by atoms with Crippen molar-refractivity contribution < 1.29 is 17.9 Å². The van der Waals surface area contributed by atoms with Crippen molar-refractivity contribution in [2.24, 2.45) is 5.92 Å². The highest BCUT2D eigenvalue weighted by molar-refractivity contribution is 7.89. The Bertz CT molecular complexity index is 664. The first-order chi connectivity index (χ1) is 10.3. The summed E-state index contributed by atoms with van der Waals surface area (Å²) in [6, 6.07) is 5.78. The van der Waals surface area contributed by atoms with Crippen LogP contribution in [-0.2, 0) is 14.8 Å². The van der Waals surface area contributed by atoms with Gasteiger partial charge in [-0.3, -0.25) is 0 Å². The number of ether oxygens (including phenoxy) is 1. The summed E-state index contributed by atoms with van der Waals surface area (Å²) in [5.41, 5.74) is 0.945. The zero-order valence-electron chi connectivity index (χ0n) is 13.0. The zero-order chi connectivity index (χ0) is 16.5. The summed E-state index contributed by atoms with van der Waals surface area (Å²) < 4.78 is 31.5. The third-order valence-corrected chi connectivity index (χ3v) is 5.61. The Morgan fingerprint density at radius 2 is 1.91 bits per heavy atom. The second kappa shape index (κ2) is 6.12. The van der Waals surface area contributed by atoms with Gasteiger partial charge in [0.15, 0.2) is 0 Å². The molecular weight excluding hydrogens is 302 g/mol. The fourth-order valence-electron chi connectivity index (χ4n) is 2.40. The van der Waals surface area contributed by atoms with Crippen molar-refractivity contribution in [1.82, 2.24) is 4.31 Å². The maximum atomic E-state index is 12.7. The Labute approximate surface area is 131 Å². The molecule has 2 atom stereocenters. The van der Waals surface area contributed by atoms with Crippen molar-refractivity contribution in [2.45, 2.75) is 44.2 Å². The maximum absolute atomic E-state index is 12.7. The molecule has 0 radical (unpaired) electrons. The normalized spacial score (nSPS) is 22.5. The van der Waals surface area contributed by atoms with Crippen molar-refractivity contribution in [3.8, 4) is 0 Å². The average molecular weight is 323 g/mol. The minimum atomic E-state index is -3.95. The maximum Gasteiger partial charge on any atom is 0.424 e. The number of hydrogen-bond donors (Lipinski definition) is 0. The molecule has 2 rings (SSSR count). The van der Waals surface area contributed by atoms with Gasteiger partial charge in [-0.15, -0.1) is 6.58 Å². The van der Waals surface area contributed by atoms with E-state index in [4.69, 9.17) is 4.74 Å². The number of aryl methyl sites for hydroxylation is 1. The summed E-state index contributed by atoms with van der Waals surface area (Å²) in [4.78, 5) is 12.3. The first-order valence-corrected chi connectivity index (χ1v) is 8.65. The Morgan fingerprint density at radius 1 is 1.32 bits per heavy atom. The highest BCUT2D eigenvalue weighted by atomic mass is 32.2. The van der Waals surface area contributed by atoms with Gasteiger partial charge in [0.2, 0.25) is 0 Å². The molecule has 6 heteroatoms. The van der Waals surface area contributed by atoms with E-state index in [-0.39, 0.29) is 16.9 Å². The molecular formula is C16H21NO4S. The van der Waals surface area contributed by atoms with Gasteiger partial charge in [0.25, 0.3) is 10.0 Å². The lowest BCUT2D eigenvalue weighted by molar-refractivity contribution is 0.0137. The van der Waals surface area contributed by atoms with Gasteiger partial charge in [0, 0.05) is 6.42 Å². The molecule has 1 aliphatic rings. The van der Waals surface area contributed by atoms with E-state index < -0.39 is 22.2 Å². The van der Waals surface area contributed by atoms with Gasteiger partial charge in [-0.05, 0) is 25.0 Å². The predicted octanol–water partition coefficient (Wildman–Crippen LogP) is 3.11. The van der Waals surface area contributed by atoms with E-state index in [1.807, 2.05) is 20.8 Å². The lowest BCUT2D eigenvalue weighted by Crippen LogP contribution is -2.51. The molecule has 0 N–H and O–H groups in total. The smallest absolute Gasteiger partial charge is 0.424 e. The van der Waals surface area contributed by atoms with E-state index in [1.165, 1.54) is 18.2 Å². The number of amides is 1. The average Bonchev–Trinajstić information content (AvgIpc) is 2.46. The first-order valence-electron chi connectivity index (χ1n) is 7.21. The van der Waals surface area contributed by atoms with Gasteiger partial charge in [-0.1, -0.05) is 37.6 Å². The highest BCUT2D eigenvalue weighted by Crippen LogP contribution is 2.29. The van der Waals surface area contributed by atoms with Crippen LogP contribution in [0.25, 0.3) is 0 Å². The van der Waals surface area contributed by atoms with Crippen LogP contribution in [0.3, 0.4) is 0 Å². The van der Waals surface area contributed by atoms with Crippen molar-refractivity contribution in [3.05, 3.63) is 42.5 Å². The van der Waals surface area contributed by atoms with Gasteiger partial charge in [0.1, 0.15) is 6.10 Å². The number of cyclic esters (lactones) is 1. The van der Waals surface area contributed by atoms with Crippen LogP contribution in [0.15, 0.2) is 41.8 Å². The second-order valence-corrected chi connectivity index (χ2v) is 7.63. The van der Waals surface area contributed by atoms with Crippen LogP contribution >= 0.6 is 0 Å². The number of rotatable bonds is 4. The van der Waals surface area contributed by atoms with Crippen LogP contribution in [0.4, 0.5) is 4.79 Å². The molecule has 1 saturated heterocycles. The predicted molar refractivity (Wildman–Crippen MR) is 83.9 cm³/mol. The largest absolute Gasteiger partial charge is 0.445 e. The minimum Gasteiger partial charge on any atom is -0.445 e. The molecule has 1 aromatic carbocycles. The zero-order valence-corrected chi connectivity index (χ0v) is 13.8. The SMILES string of the molecule is C=CC1CC(C(C)C)OC(=O)N1S(=O)(=O)c1ccc(C)cc1. The van der Waals surface area contributed by atoms with Gasteiger partial charge >= 0.3 is 6.09 Å². The van der Waals surface area contributed by atoms with Gasteiger partial charge in [0.05, 0.1) is 10.9 Å². The van der Waals surface area contributed by atoms with Crippen molar-refractivity contribution in [3.63, 3.8) is 0 Å². The van der Waals surface area contributed by atoms with Gasteiger partial charge in [-0.25, -0.2) is 13.2 Å². The highest BCUT2D eigenvalue weighted by Gasteiger charge is 2.42. The molecule has 1 aliphatic heterocycles. The lowest BCUT2D eigenvalue weighted by Gasteiger charge is -2.37. The van der Waals surface area contributed by atoms with Gasteiger partial charge < -0.3 is 4.74 Å². The fraction of sp³-hybridized carbons (Fsp3) is 0.438. The van der Waals surface area contributed by atoms with E-state index in [1.54, 1.807) is 12.1 Å². The minimum absolute atomic E-state index is 0.0740. The van der Waals surface area contributed by atoms with E-state index in [9.17, 15) is 13.2 Å². The molecule has 1 aromatic rings. The van der Waals surface area contributed by atoms with Crippen LogP contribution in [0.5, 0.6) is 0 Å². The molecule has 120 valence electrons. The molecule has 1 heterocycles. The number of hydrogen-bond acceptors (Lipinski definition) is 4. The second-order valence-electron chi connectivity index (χ2n) is 5.82. The third-order valence-electron chi connectivity index (χ3n) is 3.80. The Morgan fingerprint density at radius 3 is 2.41 bits per heavy atom. The Kier molecular flexibility index (Phi) is 4.60. The third kappa shape index (κ3) is 3.02. The van der Waals surface area contributed by atoms with Crippen molar-refractivity contribution >= 4 is 16.1 Å². The molecule has 0 bridgehead atoms. The molecule has 0 spiro atoms. The molecule has 0 aliphatic carbocycles. The fourth-order valence-corrected chi connectivity index (χ4v) is 3.87. The lowest BCUT2D eigenvalue weighted by atomic mass is 9.98. The van der Waals surface area contributed by atoms with E-state index in [0.717, 1.165) is 9.87 Å². The van der Waals surface area contributed by atoms with Crippen LogP contribution in [0.1, 0.15) is 25.8 Å². The van der Waals surface area contributed by atoms with Crippen LogP contribution in [-0.4, -0.2) is 31.0 Å². The van der Waals surface area contributed by atoms with Crippen molar-refractivity contribution in [1.29, 1.82) is 0 Å². The number of carbonyl (C=O) groups excluding carboxylic acids is 1. The topological polar surface area (TPSA) is 63.7 Å². The molecule has 0 aromatic heterocycles. The summed E-state index contributed by atoms with van der Waals surface area (Å²) in [7, 11) is -3.95. The molecule has 1 fully saturated rings. The van der Waals surface area contributed by atoms with Crippen LogP contribution in [0, 0.1) is 12.8 Å². The standard InChI is InChI=1S/C16H21NO4S/c1-5-13-10-15(11(2)3)21-16(18)17(13)22(19,20)14-8-6-12(4)7-9-14/h5-9,11,13,15H,1,10H2,2-4H3. The molecule has 22 heavy (non-hydrogen) atoms. The van der Waals surface area contributed by atoms with E-state index in [2.05, 4.69) is 6.58 Å².